The van der Waals surface area contributed by atoms with Gasteiger partial charge in [-0.25, -0.2) is 4.98 Å². The third-order valence-electron chi connectivity index (χ3n) is 3.74. The molecular weight excluding hydrogens is 282 g/mol. The zero-order valence-electron chi connectivity index (χ0n) is 13.0. The van der Waals surface area contributed by atoms with Crippen molar-refractivity contribution in [2.75, 3.05) is 51.3 Å². The minimum absolute atomic E-state index is 0.611. The quantitative estimate of drug-likeness (QED) is 0.822. The monoisotopic (exact) mass is 303 g/mol. The fraction of sp³-hybridized carbons (Fsp3) is 0.533. The molecule has 1 fully saturated rings. The van der Waals surface area contributed by atoms with Gasteiger partial charge in [-0.05, 0) is 19.1 Å². The van der Waals surface area contributed by atoms with E-state index in [0.29, 0.717) is 11.6 Å². The second-order valence-corrected chi connectivity index (χ2v) is 5.43. The van der Waals surface area contributed by atoms with E-state index in [2.05, 4.69) is 20.1 Å². The van der Waals surface area contributed by atoms with Crippen LogP contribution in [-0.4, -0.2) is 66.5 Å². The number of nitrogens with zero attached hydrogens (tertiary/aromatic N) is 5. The number of rotatable bonds is 5. The molecule has 0 aromatic carbocycles. The molecule has 118 valence electrons. The number of aryl methyl sites for hydroxylation is 1. The smallest absolute Gasteiger partial charge is 0.245 e. The van der Waals surface area contributed by atoms with E-state index in [0.717, 1.165) is 50.9 Å². The molecule has 7 heteroatoms. The Bertz CT molecular complexity index is 609. The maximum absolute atomic E-state index is 5.59. The molecule has 0 saturated carbocycles. The van der Waals surface area contributed by atoms with E-state index in [4.69, 9.17) is 9.15 Å². The van der Waals surface area contributed by atoms with Crippen LogP contribution in [0.25, 0.3) is 11.5 Å². The summed E-state index contributed by atoms with van der Waals surface area (Å²) >= 11 is 0. The molecule has 3 rings (SSSR count). The van der Waals surface area contributed by atoms with Gasteiger partial charge >= 0.3 is 0 Å². The molecule has 0 atom stereocenters. The first-order chi connectivity index (χ1) is 10.7. The highest BCUT2D eigenvalue weighted by atomic mass is 16.5. The molecule has 1 aliphatic rings. The van der Waals surface area contributed by atoms with Crippen molar-refractivity contribution in [3.8, 4) is 11.5 Å². The second-order valence-electron chi connectivity index (χ2n) is 5.43. The van der Waals surface area contributed by atoms with E-state index in [1.165, 1.54) is 0 Å². The number of morpholine rings is 1. The molecule has 22 heavy (non-hydrogen) atoms. The fourth-order valence-corrected chi connectivity index (χ4v) is 2.36. The van der Waals surface area contributed by atoms with Gasteiger partial charge in [-0.15, -0.1) is 5.10 Å². The highest BCUT2D eigenvalue weighted by molar-refractivity contribution is 5.52. The van der Waals surface area contributed by atoms with E-state index < -0.39 is 0 Å². The molecule has 0 amide bonds. The van der Waals surface area contributed by atoms with Gasteiger partial charge in [0.1, 0.15) is 11.5 Å². The first-order valence-electron chi connectivity index (χ1n) is 7.50. The Hall–Kier alpha value is -1.99. The van der Waals surface area contributed by atoms with Gasteiger partial charge in [0.05, 0.1) is 19.4 Å². The van der Waals surface area contributed by atoms with Crippen LogP contribution in [0.2, 0.25) is 0 Å². The summed E-state index contributed by atoms with van der Waals surface area (Å²) in [6.07, 6.45) is 1.62. The van der Waals surface area contributed by atoms with E-state index in [1.807, 2.05) is 31.0 Å². The predicted octanol–water partition coefficient (Wildman–Crippen LogP) is 1.21. The van der Waals surface area contributed by atoms with Gasteiger partial charge in [-0.1, -0.05) is 0 Å². The summed E-state index contributed by atoms with van der Waals surface area (Å²) in [5.74, 6) is 2.19. The van der Waals surface area contributed by atoms with E-state index in [-0.39, 0.29) is 0 Å². The first kappa shape index (κ1) is 14.9. The normalized spacial score (nSPS) is 15.9. The van der Waals surface area contributed by atoms with Crippen molar-refractivity contribution in [2.24, 2.45) is 0 Å². The Morgan fingerprint density at radius 2 is 2.09 bits per heavy atom. The summed E-state index contributed by atoms with van der Waals surface area (Å²) in [4.78, 5) is 8.93. The number of anilines is 1. The summed E-state index contributed by atoms with van der Waals surface area (Å²) in [5.41, 5.74) is 0.705. The van der Waals surface area contributed by atoms with Crippen LogP contribution in [0.5, 0.6) is 0 Å². The van der Waals surface area contributed by atoms with Gasteiger partial charge in [0.15, 0.2) is 5.76 Å². The lowest BCUT2D eigenvalue weighted by Gasteiger charge is -2.28. The van der Waals surface area contributed by atoms with Crippen molar-refractivity contribution in [1.82, 2.24) is 20.1 Å². The molecule has 0 bridgehead atoms. The van der Waals surface area contributed by atoms with Crippen LogP contribution in [0.3, 0.4) is 0 Å². The second kappa shape index (κ2) is 6.85. The molecule has 1 saturated heterocycles. The topological polar surface area (TPSA) is 67.5 Å². The van der Waals surface area contributed by atoms with Crippen molar-refractivity contribution < 1.29 is 9.15 Å². The molecule has 3 heterocycles. The predicted molar refractivity (Wildman–Crippen MR) is 82.8 cm³/mol. The maximum Gasteiger partial charge on any atom is 0.245 e. The molecule has 1 aliphatic heterocycles. The van der Waals surface area contributed by atoms with Crippen molar-refractivity contribution >= 4 is 5.95 Å². The Labute approximate surface area is 129 Å². The van der Waals surface area contributed by atoms with Crippen molar-refractivity contribution in [3.63, 3.8) is 0 Å². The average molecular weight is 303 g/mol. The van der Waals surface area contributed by atoms with Gasteiger partial charge in [0.25, 0.3) is 0 Å². The molecule has 2 aromatic rings. The third-order valence-corrected chi connectivity index (χ3v) is 3.74. The van der Waals surface area contributed by atoms with Crippen LogP contribution in [0.1, 0.15) is 5.76 Å². The molecule has 0 aliphatic carbocycles. The molecule has 0 spiro atoms. The van der Waals surface area contributed by atoms with Crippen LogP contribution < -0.4 is 4.90 Å². The Kier molecular flexibility index (Phi) is 4.65. The van der Waals surface area contributed by atoms with Gasteiger partial charge in [0, 0.05) is 33.2 Å². The molecule has 0 unspecified atom stereocenters. The van der Waals surface area contributed by atoms with Gasteiger partial charge in [-0.2, -0.15) is 5.10 Å². The fourth-order valence-electron chi connectivity index (χ4n) is 2.36. The Morgan fingerprint density at radius 1 is 1.27 bits per heavy atom. The zero-order valence-corrected chi connectivity index (χ0v) is 13.0. The van der Waals surface area contributed by atoms with Crippen LogP contribution in [-0.2, 0) is 4.74 Å². The third kappa shape index (κ3) is 3.61. The van der Waals surface area contributed by atoms with Gasteiger partial charge < -0.3 is 14.1 Å². The Balaban J connectivity index is 1.63. The molecule has 2 aromatic heterocycles. The minimum atomic E-state index is 0.611. The number of ether oxygens (including phenoxy) is 1. The summed E-state index contributed by atoms with van der Waals surface area (Å²) in [5, 5.41) is 8.15. The lowest BCUT2D eigenvalue weighted by atomic mass is 10.3. The minimum Gasteiger partial charge on any atom is -0.460 e. The standard InChI is InChI=1S/C15H21N5O2/c1-12-3-4-14(22-12)13-11-16-18-15(17-13)19(2)5-6-20-7-9-21-10-8-20/h3-4,11H,5-10H2,1-2H3. The van der Waals surface area contributed by atoms with Crippen LogP contribution >= 0.6 is 0 Å². The number of hydrogen-bond donors (Lipinski definition) is 0. The summed E-state index contributed by atoms with van der Waals surface area (Å²) in [6, 6.07) is 3.82. The number of hydrogen-bond acceptors (Lipinski definition) is 7. The number of likely N-dealkylation sites (N-methyl/N-ethyl adjacent to an activating group) is 1. The lowest BCUT2D eigenvalue weighted by Crippen LogP contribution is -2.41. The SMILES string of the molecule is Cc1ccc(-c2cnnc(N(C)CCN3CCOCC3)n2)o1. The lowest BCUT2D eigenvalue weighted by molar-refractivity contribution is 0.0392. The molecule has 7 nitrogen and oxygen atoms in total. The van der Waals surface area contributed by atoms with E-state index >= 15 is 0 Å². The van der Waals surface area contributed by atoms with E-state index in [1.54, 1.807) is 6.20 Å². The maximum atomic E-state index is 5.59. The van der Waals surface area contributed by atoms with Gasteiger partial charge in [-0.3, -0.25) is 4.90 Å². The van der Waals surface area contributed by atoms with Crippen molar-refractivity contribution in [3.05, 3.63) is 24.1 Å². The van der Waals surface area contributed by atoms with E-state index in [9.17, 15) is 0 Å². The molecular formula is C15H21N5O2. The highest BCUT2D eigenvalue weighted by Gasteiger charge is 2.13. The summed E-state index contributed by atoms with van der Waals surface area (Å²) < 4.78 is 10.9. The van der Waals surface area contributed by atoms with Crippen molar-refractivity contribution in [2.45, 2.75) is 6.92 Å². The molecule has 0 N–H and O–H groups in total. The van der Waals surface area contributed by atoms with Gasteiger partial charge in [0.2, 0.25) is 5.95 Å². The summed E-state index contributed by atoms with van der Waals surface area (Å²) in [6.45, 7) is 7.32. The average Bonchev–Trinajstić information content (AvgIpc) is 3.00. The highest BCUT2D eigenvalue weighted by Crippen LogP contribution is 2.20. The first-order valence-corrected chi connectivity index (χ1v) is 7.50. The van der Waals surface area contributed by atoms with Crippen LogP contribution in [0.15, 0.2) is 22.7 Å². The number of aromatic nitrogens is 3. The number of furan rings is 1. The zero-order chi connectivity index (χ0) is 15.4. The van der Waals surface area contributed by atoms with Crippen LogP contribution in [0, 0.1) is 6.92 Å². The molecule has 0 radical (unpaired) electrons. The van der Waals surface area contributed by atoms with Crippen LogP contribution in [0.4, 0.5) is 5.95 Å². The summed E-state index contributed by atoms with van der Waals surface area (Å²) in [7, 11) is 1.98. The largest absolute Gasteiger partial charge is 0.460 e. The Morgan fingerprint density at radius 3 is 2.82 bits per heavy atom. The van der Waals surface area contributed by atoms with Crippen molar-refractivity contribution in [1.29, 1.82) is 0 Å².